The standard InChI is InChI=1S/C18H18N2OS/c1-22-15-8-6-14(7-9-15)20-18(21)10-5-13-3-2-4-17-16(13)11-12-19-17/h2-4,6-9,11-12,19H,5,10H2,1H3,(H,20,21). The van der Waals surface area contributed by atoms with Gasteiger partial charge in [-0.15, -0.1) is 11.8 Å². The molecule has 4 heteroatoms. The fourth-order valence-corrected chi connectivity index (χ4v) is 2.92. The van der Waals surface area contributed by atoms with Gasteiger partial charge in [0.05, 0.1) is 0 Å². The van der Waals surface area contributed by atoms with Crippen molar-refractivity contribution >= 4 is 34.3 Å². The first-order chi connectivity index (χ1) is 10.8. The Morgan fingerprint density at radius 3 is 2.73 bits per heavy atom. The van der Waals surface area contributed by atoms with Crippen molar-refractivity contribution < 1.29 is 4.79 Å². The van der Waals surface area contributed by atoms with Gasteiger partial charge in [0.25, 0.3) is 0 Å². The van der Waals surface area contributed by atoms with E-state index in [1.807, 2.05) is 48.9 Å². The van der Waals surface area contributed by atoms with Gasteiger partial charge in [-0.2, -0.15) is 0 Å². The van der Waals surface area contributed by atoms with Crippen LogP contribution in [-0.4, -0.2) is 17.1 Å². The van der Waals surface area contributed by atoms with Gasteiger partial charge in [-0.25, -0.2) is 0 Å². The minimum atomic E-state index is 0.0458. The highest BCUT2D eigenvalue weighted by Gasteiger charge is 2.06. The van der Waals surface area contributed by atoms with E-state index in [0.29, 0.717) is 6.42 Å². The molecule has 0 saturated heterocycles. The molecule has 0 spiro atoms. The van der Waals surface area contributed by atoms with Gasteiger partial charge in [-0.3, -0.25) is 4.79 Å². The second kappa shape index (κ2) is 6.71. The maximum atomic E-state index is 12.1. The van der Waals surface area contributed by atoms with Crippen LogP contribution in [0.5, 0.6) is 0 Å². The minimum absolute atomic E-state index is 0.0458. The van der Waals surface area contributed by atoms with Crippen LogP contribution in [0.3, 0.4) is 0 Å². The summed E-state index contributed by atoms with van der Waals surface area (Å²) in [4.78, 5) is 16.5. The van der Waals surface area contributed by atoms with Crippen LogP contribution in [0, 0.1) is 0 Å². The van der Waals surface area contributed by atoms with Crippen molar-refractivity contribution in [2.45, 2.75) is 17.7 Å². The van der Waals surface area contributed by atoms with E-state index in [1.165, 1.54) is 15.8 Å². The molecule has 0 aliphatic rings. The lowest BCUT2D eigenvalue weighted by Crippen LogP contribution is -2.12. The average molecular weight is 310 g/mol. The molecule has 1 aromatic heterocycles. The Balaban J connectivity index is 1.61. The zero-order chi connectivity index (χ0) is 15.4. The summed E-state index contributed by atoms with van der Waals surface area (Å²) in [6.07, 6.45) is 5.19. The number of amides is 1. The monoisotopic (exact) mass is 310 g/mol. The second-order valence-corrected chi connectivity index (χ2v) is 6.01. The van der Waals surface area contributed by atoms with Gasteiger partial charge in [0, 0.05) is 34.1 Å². The van der Waals surface area contributed by atoms with Crippen molar-refractivity contribution in [1.82, 2.24) is 4.98 Å². The number of fused-ring (bicyclic) bond motifs is 1. The highest BCUT2D eigenvalue weighted by atomic mass is 32.2. The molecule has 1 heterocycles. The lowest BCUT2D eigenvalue weighted by atomic mass is 10.1. The first-order valence-electron chi connectivity index (χ1n) is 7.25. The largest absolute Gasteiger partial charge is 0.361 e. The molecule has 3 nitrogen and oxygen atoms in total. The summed E-state index contributed by atoms with van der Waals surface area (Å²) in [5.74, 6) is 0.0458. The first kappa shape index (κ1) is 14.7. The van der Waals surface area contributed by atoms with Gasteiger partial charge in [0.2, 0.25) is 5.91 Å². The van der Waals surface area contributed by atoms with Gasteiger partial charge in [-0.1, -0.05) is 12.1 Å². The summed E-state index contributed by atoms with van der Waals surface area (Å²) in [6, 6.07) is 16.1. The van der Waals surface area contributed by atoms with E-state index in [0.717, 1.165) is 17.6 Å². The Hall–Kier alpha value is -2.20. The van der Waals surface area contributed by atoms with E-state index < -0.39 is 0 Å². The number of hydrogen-bond donors (Lipinski definition) is 2. The van der Waals surface area contributed by atoms with Crippen LogP contribution in [0.2, 0.25) is 0 Å². The fourth-order valence-electron chi connectivity index (χ4n) is 2.51. The number of carbonyl (C=O) groups is 1. The number of aromatic nitrogens is 1. The first-order valence-corrected chi connectivity index (χ1v) is 8.47. The molecule has 112 valence electrons. The predicted octanol–water partition coefficient (Wildman–Crippen LogP) is 4.46. The average Bonchev–Trinajstić information content (AvgIpc) is 3.03. The third-order valence-corrected chi connectivity index (χ3v) is 4.42. The number of aromatic amines is 1. The molecule has 0 bridgehead atoms. The Labute approximate surface area is 134 Å². The molecule has 0 aliphatic carbocycles. The van der Waals surface area contributed by atoms with Crippen LogP contribution >= 0.6 is 11.8 Å². The smallest absolute Gasteiger partial charge is 0.224 e. The normalized spacial score (nSPS) is 10.8. The molecule has 2 aromatic carbocycles. The number of benzene rings is 2. The van der Waals surface area contributed by atoms with Crippen molar-refractivity contribution in [3.63, 3.8) is 0 Å². The molecular weight excluding hydrogens is 292 g/mol. The second-order valence-electron chi connectivity index (χ2n) is 5.13. The van der Waals surface area contributed by atoms with Crippen molar-refractivity contribution in [1.29, 1.82) is 0 Å². The molecule has 0 saturated carbocycles. The molecule has 0 aliphatic heterocycles. The molecular formula is C18H18N2OS. The summed E-state index contributed by atoms with van der Waals surface area (Å²) in [7, 11) is 0. The van der Waals surface area contributed by atoms with E-state index in [2.05, 4.69) is 22.4 Å². The fraction of sp³-hybridized carbons (Fsp3) is 0.167. The zero-order valence-corrected chi connectivity index (χ0v) is 13.2. The summed E-state index contributed by atoms with van der Waals surface area (Å²) >= 11 is 1.69. The van der Waals surface area contributed by atoms with Gasteiger partial charge in [-0.05, 0) is 54.6 Å². The number of carbonyl (C=O) groups excluding carboxylic acids is 1. The molecule has 0 atom stereocenters. The third kappa shape index (κ3) is 3.34. The SMILES string of the molecule is CSc1ccc(NC(=O)CCc2cccc3[nH]ccc23)cc1. The molecule has 3 rings (SSSR count). The number of nitrogens with one attached hydrogen (secondary N) is 2. The number of anilines is 1. The quantitative estimate of drug-likeness (QED) is 0.683. The van der Waals surface area contributed by atoms with E-state index >= 15 is 0 Å². The summed E-state index contributed by atoms with van der Waals surface area (Å²) < 4.78 is 0. The molecule has 0 radical (unpaired) electrons. The number of thioether (sulfide) groups is 1. The topological polar surface area (TPSA) is 44.9 Å². The van der Waals surface area contributed by atoms with Crippen LogP contribution in [0.15, 0.2) is 59.6 Å². The summed E-state index contributed by atoms with van der Waals surface area (Å²) in [5, 5.41) is 4.14. The van der Waals surface area contributed by atoms with E-state index in [1.54, 1.807) is 11.8 Å². The van der Waals surface area contributed by atoms with Gasteiger partial charge < -0.3 is 10.3 Å². The number of aryl methyl sites for hydroxylation is 1. The predicted molar refractivity (Wildman–Crippen MR) is 93.5 cm³/mol. The zero-order valence-electron chi connectivity index (χ0n) is 12.4. The Kier molecular flexibility index (Phi) is 4.49. The number of rotatable bonds is 5. The molecule has 22 heavy (non-hydrogen) atoms. The summed E-state index contributed by atoms with van der Waals surface area (Å²) in [5.41, 5.74) is 3.17. The Morgan fingerprint density at radius 1 is 1.14 bits per heavy atom. The number of hydrogen-bond acceptors (Lipinski definition) is 2. The number of H-pyrrole nitrogens is 1. The molecule has 2 N–H and O–H groups in total. The van der Waals surface area contributed by atoms with Crippen LogP contribution in [0.1, 0.15) is 12.0 Å². The van der Waals surface area contributed by atoms with Crippen molar-refractivity contribution in [3.8, 4) is 0 Å². The Bertz CT molecular complexity index is 777. The van der Waals surface area contributed by atoms with Crippen LogP contribution in [0.25, 0.3) is 10.9 Å². The van der Waals surface area contributed by atoms with Crippen LogP contribution in [-0.2, 0) is 11.2 Å². The summed E-state index contributed by atoms with van der Waals surface area (Å²) in [6.45, 7) is 0. The third-order valence-electron chi connectivity index (χ3n) is 3.68. The lowest BCUT2D eigenvalue weighted by molar-refractivity contribution is -0.116. The molecule has 0 fully saturated rings. The highest BCUT2D eigenvalue weighted by Crippen LogP contribution is 2.20. The van der Waals surface area contributed by atoms with Crippen molar-refractivity contribution in [3.05, 3.63) is 60.3 Å². The molecule has 1 amide bonds. The maximum absolute atomic E-state index is 12.1. The van der Waals surface area contributed by atoms with Crippen molar-refractivity contribution in [2.75, 3.05) is 11.6 Å². The molecule has 0 unspecified atom stereocenters. The Morgan fingerprint density at radius 2 is 1.95 bits per heavy atom. The van der Waals surface area contributed by atoms with E-state index in [4.69, 9.17) is 0 Å². The van der Waals surface area contributed by atoms with Gasteiger partial charge >= 0.3 is 0 Å². The lowest BCUT2D eigenvalue weighted by Gasteiger charge is -2.07. The van der Waals surface area contributed by atoms with E-state index in [-0.39, 0.29) is 5.91 Å². The molecule has 3 aromatic rings. The van der Waals surface area contributed by atoms with Crippen molar-refractivity contribution in [2.24, 2.45) is 0 Å². The van der Waals surface area contributed by atoms with Gasteiger partial charge in [0.1, 0.15) is 0 Å². The van der Waals surface area contributed by atoms with Crippen LogP contribution in [0.4, 0.5) is 5.69 Å². The van der Waals surface area contributed by atoms with Gasteiger partial charge in [0.15, 0.2) is 0 Å². The van der Waals surface area contributed by atoms with E-state index in [9.17, 15) is 4.79 Å². The highest BCUT2D eigenvalue weighted by molar-refractivity contribution is 7.98. The maximum Gasteiger partial charge on any atom is 0.224 e. The minimum Gasteiger partial charge on any atom is -0.361 e. The van der Waals surface area contributed by atoms with Crippen LogP contribution < -0.4 is 5.32 Å².